The van der Waals surface area contributed by atoms with Gasteiger partial charge in [0.05, 0.1) is 18.2 Å². The number of amides is 1. The van der Waals surface area contributed by atoms with E-state index in [4.69, 9.17) is 5.73 Å². The highest BCUT2D eigenvalue weighted by molar-refractivity contribution is 7.09. The van der Waals surface area contributed by atoms with Crippen molar-refractivity contribution in [1.29, 1.82) is 0 Å². The molecule has 0 aliphatic heterocycles. The molecule has 24 heavy (non-hydrogen) atoms. The summed E-state index contributed by atoms with van der Waals surface area (Å²) in [5.74, 6) is 0.310. The molecule has 6 heteroatoms. The van der Waals surface area contributed by atoms with Gasteiger partial charge in [0.1, 0.15) is 5.01 Å². The van der Waals surface area contributed by atoms with Gasteiger partial charge in [-0.05, 0) is 23.6 Å². The molecule has 2 rings (SSSR count). The lowest BCUT2D eigenvalue weighted by molar-refractivity contribution is -0.120. The lowest BCUT2D eigenvalue weighted by Crippen LogP contribution is -2.24. The van der Waals surface area contributed by atoms with Crippen LogP contribution in [0.15, 0.2) is 29.6 Å². The molecule has 0 spiro atoms. The van der Waals surface area contributed by atoms with E-state index >= 15 is 0 Å². The molecule has 1 atom stereocenters. The van der Waals surface area contributed by atoms with Crippen molar-refractivity contribution in [3.05, 3.63) is 45.9 Å². The fourth-order valence-corrected chi connectivity index (χ4v) is 3.17. The number of carbonyl (C=O) groups is 1. The standard InChI is InChI=1S/C18H26N4OS/c1-12(2)17(19)18-21-14(11-24-18)9-16(23)20-10-13-5-7-15(8-6-13)22(3)4/h5-8,11-12,17H,9-10,19H2,1-4H3,(H,20,23). The van der Waals surface area contributed by atoms with E-state index in [1.807, 2.05) is 48.6 Å². The maximum atomic E-state index is 12.1. The third-order valence-corrected chi connectivity index (χ3v) is 4.85. The third kappa shape index (κ3) is 5.04. The average Bonchev–Trinajstić information content (AvgIpc) is 3.00. The zero-order chi connectivity index (χ0) is 17.7. The van der Waals surface area contributed by atoms with Crippen molar-refractivity contribution in [1.82, 2.24) is 10.3 Å². The van der Waals surface area contributed by atoms with Gasteiger partial charge in [-0.3, -0.25) is 4.79 Å². The van der Waals surface area contributed by atoms with Crippen LogP contribution in [0, 0.1) is 5.92 Å². The van der Waals surface area contributed by atoms with E-state index in [0.29, 0.717) is 12.5 Å². The Balaban J connectivity index is 1.85. The predicted octanol–water partition coefficient (Wildman–Crippen LogP) is 2.72. The molecule has 1 aromatic carbocycles. The third-order valence-electron chi connectivity index (χ3n) is 3.86. The van der Waals surface area contributed by atoms with Crippen molar-refractivity contribution < 1.29 is 4.79 Å². The maximum Gasteiger partial charge on any atom is 0.226 e. The molecular formula is C18H26N4OS. The summed E-state index contributed by atoms with van der Waals surface area (Å²) < 4.78 is 0. The van der Waals surface area contributed by atoms with Gasteiger partial charge in [0.2, 0.25) is 5.91 Å². The number of carbonyl (C=O) groups excluding carboxylic acids is 1. The highest BCUT2D eigenvalue weighted by Gasteiger charge is 2.15. The van der Waals surface area contributed by atoms with Crippen molar-refractivity contribution in [3.63, 3.8) is 0 Å². The molecule has 130 valence electrons. The monoisotopic (exact) mass is 346 g/mol. The number of hydrogen-bond acceptors (Lipinski definition) is 5. The van der Waals surface area contributed by atoms with Crippen LogP contribution in [-0.4, -0.2) is 25.0 Å². The van der Waals surface area contributed by atoms with Crippen LogP contribution in [0.25, 0.3) is 0 Å². The van der Waals surface area contributed by atoms with Crippen LogP contribution in [-0.2, 0) is 17.8 Å². The van der Waals surface area contributed by atoms with Gasteiger partial charge in [-0.25, -0.2) is 4.98 Å². The normalized spacial score (nSPS) is 12.2. The Morgan fingerprint density at radius 1 is 1.29 bits per heavy atom. The largest absolute Gasteiger partial charge is 0.378 e. The first-order valence-corrected chi connectivity index (χ1v) is 8.97. The lowest BCUT2D eigenvalue weighted by atomic mass is 10.1. The van der Waals surface area contributed by atoms with Crippen molar-refractivity contribution in [2.75, 3.05) is 19.0 Å². The van der Waals surface area contributed by atoms with Crippen molar-refractivity contribution in [2.45, 2.75) is 32.9 Å². The Kier molecular flexibility index (Phi) is 6.34. The van der Waals surface area contributed by atoms with Gasteiger partial charge in [0, 0.05) is 31.7 Å². The van der Waals surface area contributed by atoms with Gasteiger partial charge in [-0.15, -0.1) is 11.3 Å². The predicted molar refractivity (Wildman–Crippen MR) is 100 cm³/mol. The topological polar surface area (TPSA) is 71.2 Å². The summed E-state index contributed by atoms with van der Waals surface area (Å²) in [4.78, 5) is 18.6. The second-order valence-electron chi connectivity index (χ2n) is 6.46. The van der Waals surface area contributed by atoms with Crippen LogP contribution in [0.2, 0.25) is 0 Å². The Bertz CT molecular complexity index is 664. The minimum absolute atomic E-state index is 0.0262. The summed E-state index contributed by atoms with van der Waals surface area (Å²) in [6, 6.07) is 8.07. The molecule has 1 amide bonds. The molecule has 3 N–H and O–H groups in total. The summed E-state index contributed by atoms with van der Waals surface area (Å²) in [7, 11) is 4.01. The molecule has 2 aromatic rings. The van der Waals surface area contributed by atoms with Gasteiger partial charge < -0.3 is 16.0 Å². The molecule has 1 aromatic heterocycles. The van der Waals surface area contributed by atoms with E-state index in [2.05, 4.69) is 24.1 Å². The first-order valence-electron chi connectivity index (χ1n) is 8.09. The molecule has 0 aliphatic rings. The molecule has 0 saturated carbocycles. The molecule has 0 saturated heterocycles. The van der Waals surface area contributed by atoms with Gasteiger partial charge in [-0.2, -0.15) is 0 Å². The molecule has 0 radical (unpaired) electrons. The van der Waals surface area contributed by atoms with Gasteiger partial charge in [0.25, 0.3) is 0 Å². The zero-order valence-electron chi connectivity index (χ0n) is 14.7. The van der Waals surface area contributed by atoms with E-state index < -0.39 is 0 Å². The van der Waals surface area contributed by atoms with Crippen molar-refractivity contribution in [3.8, 4) is 0 Å². The molecule has 1 heterocycles. The van der Waals surface area contributed by atoms with Crippen LogP contribution >= 0.6 is 11.3 Å². The number of rotatable bonds is 7. The van der Waals surface area contributed by atoms with E-state index in [9.17, 15) is 4.79 Å². The fraction of sp³-hybridized carbons (Fsp3) is 0.444. The SMILES string of the molecule is CC(C)C(N)c1nc(CC(=O)NCc2ccc(N(C)C)cc2)cs1. The Hall–Kier alpha value is -1.92. The summed E-state index contributed by atoms with van der Waals surface area (Å²) in [5, 5.41) is 5.75. The Morgan fingerprint density at radius 2 is 1.96 bits per heavy atom. The van der Waals surface area contributed by atoms with Gasteiger partial charge in [0.15, 0.2) is 0 Å². The van der Waals surface area contributed by atoms with Crippen LogP contribution < -0.4 is 16.0 Å². The summed E-state index contributed by atoms with van der Waals surface area (Å²) >= 11 is 1.53. The number of thiazole rings is 1. The average molecular weight is 347 g/mol. The second-order valence-corrected chi connectivity index (χ2v) is 7.35. The number of nitrogens with zero attached hydrogens (tertiary/aromatic N) is 2. The summed E-state index contributed by atoms with van der Waals surface area (Å²) in [5.41, 5.74) is 9.10. The van der Waals surface area contributed by atoms with Gasteiger partial charge >= 0.3 is 0 Å². The van der Waals surface area contributed by atoms with E-state index in [1.165, 1.54) is 11.3 Å². The molecule has 0 fully saturated rings. The minimum Gasteiger partial charge on any atom is -0.378 e. The van der Waals surface area contributed by atoms with Gasteiger partial charge in [-0.1, -0.05) is 26.0 Å². The van der Waals surface area contributed by atoms with Crippen LogP contribution in [0.4, 0.5) is 5.69 Å². The lowest BCUT2D eigenvalue weighted by Gasteiger charge is -2.13. The number of nitrogens with two attached hydrogens (primary N) is 1. The number of hydrogen-bond donors (Lipinski definition) is 2. The molecule has 0 bridgehead atoms. The highest BCUT2D eigenvalue weighted by atomic mass is 32.1. The summed E-state index contributed by atoms with van der Waals surface area (Å²) in [6.45, 7) is 4.66. The molecule has 0 aliphatic carbocycles. The van der Waals surface area contributed by atoms with Crippen LogP contribution in [0.5, 0.6) is 0 Å². The first kappa shape index (κ1) is 18.4. The van der Waals surface area contributed by atoms with E-state index in [0.717, 1.165) is 22.0 Å². The van der Waals surface area contributed by atoms with Crippen LogP contribution in [0.1, 0.15) is 36.2 Å². The van der Waals surface area contributed by atoms with Crippen molar-refractivity contribution >= 4 is 22.9 Å². The molecule has 1 unspecified atom stereocenters. The fourth-order valence-electron chi connectivity index (χ4n) is 2.18. The first-order chi connectivity index (χ1) is 11.4. The highest BCUT2D eigenvalue weighted by Crippen LogP contribution is 2.22. The Morgan fingerprint density at radius 3 is 2.54 bits per heavy atom. The summed E-state index contributed by atoms with van der Waals surface area (Å²) in [6.07, 6.45) is 0.289. The van der Waals surface area contributed by atoms with E-state index in [1.54, 1.807) is 0 Å². The maximum absolute atomic E-state index is 12.1. The minimum atomic E-state index is -0.0676. The van der Waals surface area contributed by atoms with E-state index in [-0.39, 0.29) is 18.4 Å². The second kappa shape index (κ2) is 8.26. The quantitative estimate of drug-likeness (QED) is 0.809. The smallest absolute Gasteiger partial charge is 0.226 e. The number of anilines is 1. The van der Waals surface area contributed by atoms with Crippen LogP contribution in [0.3, 0.4) is 0 Å². The number of nitrogens with one attached hydrogen (secondary N) is 1. The molecule has 5 nitrogen and oxygen atoms in total. The molecular weight excluding hydrogens is 320 g/mol. The zero-order valence-corrected chi connectivity index (χ0v) is 15.6. The number of aromatic nitrogens is 1. The Labute approximate surface area is 147 Å². The van der Waals surface area contributed by atoms with Crippen molar-refractivity contribution in [2.24, 2.45) is 11.7 Å². The number of benzene rings is 1.